The van der Waals surface area contributed by atoms with Crippen LogP contribution in [0, 0.1) is 0 Å². The predicted octanol–water partition coefficient (Wildman–Crippen LogP) is -5.48. The van der Waals surface area contributed by atoms with Gasteiger partial charge >= 0.3 is 0 Å². The molecule has 20 heavy (non-hydrogen) atoms. The van der Waals surface area contributed by atoms with Crippen molar-refractivity contribution in [3.63, 3.8) is 0 Å². The van der Waals surface area contributed by atoms with Crippen molar-refractivity contribution in [3.05, 3.63) is 0 Å². The van der Waals surface area contributed by atoms with Crippen LogP contribution in [0.2, 0.25) is 0 Å². The molecule has 10 nitrogen and oxygen atoms in total. The Morgan fingerprint density at radius 2 is 0.900 bits per heavy atom. The van der Waals surface area contributed by atoms with Gasteiger partial charge in [-0.25, -0.2) is 0 Å². The van der Waals surface area contributed by atoms with Crippen LogP contribution in [0.5, 0.6) is 0 Å². The minimum atomic E-state index is -1.64. The maximum Gasteiger partial charge on any atom is 0.151 e. The first-order chi connectivity index (χ1) is 9.26. The summed E-state index contributed by atoms with van der Waals surface area (Å²) in [6.45, 7) is -1.38. The summed E-state index contributed by atoms with van der Waals surface area (Å²) in [6, 6.07) is 0. The number of aliphatic hydroxyl groups is 8. The highest BCUT2D eigenvalue weighted by Gasteiger charge is 2.23. The Bertz CT molecular complexity index is 234. The van der Waals surface area contributed by atoms with Crippen LogP contribution in [0.3, 0.4) is 0 Å². The summed E-state index contributed by atoms with van der Waals surface area (Å²) in [4.78, 5) is 19.5. The molecule has 0 bridgehead atoms. The fourth-order valence-corrected chi connectivity index (χ4v) is 0.832. The molecule has 0 aromatic rings. The molecule has 0 aliphatic heterocycles. The minimum absolute atomic E-state index is 0.0869. The van der Waals surface area contributed by atoms with Gasteiger partial charge in [0, 0.05) is 0 Å². The number of rotatable bonds is 8. The average molecular weight is 300 g/mol. The Morgan fingerprint density at radius 3 is 1.05 bits per heavy atom. The fraction of sp³-hybridized carbons (Fsp3) is 0.800. The summed E-state index contributed by atoms with van der Waals surface area (Å²) < 4.78 is 0. The summed E-state index contributed by atoms with van der Waals surface area (Å²) in [5.74, 6) is 0. The molecule has 0 fully saturated rings. The number of aliphatic hydroxyl groups excluding tert-OH is 8. The Balaban J connectivity index is 0. The number of aldehydes is 2. The van der Waals surface area contributed by atoms with Gasteiger partial charge in [-0.15, -0.1) is 0 Å². The molecule has 0 aromatic carbocycles. The molecule has 0 saturated carbocycles. The van der Waals surface area contributed by atoms with Crippen molar-refractivity contribution in [2.45, 2.75) is 36.6 Å². The zero-order valence-corrected chi connectivity index (χ0v) is 10.4. The molecule has 10 heteroatoms. The topological polar surface area (TPSA) is 196 Å². The highest BCUT2D eigenvalue weighted by molar-refractivity contribution is 5.57. The van der Waals surface area contributed by atoms with Gasteiger partial charge < -0.3 is 50.4 Å². The second-order valence-corrected chi connectivity index (χ2v) is 3.73. The van der Waals surface area contributed by atoms with E-state index in [0.717, 1.165) is 0 Å². The lowest BCUT2D eigenvalue weighted by Crippen LogP contribution is -2.40. The number of carbonyl (C=O) groups excluding carboxylic acids is 2. The summed E-state index contributed by atoms with van der Waals surface area (Å²) in [5, 5.41) is 68.1. The third-order valence-electron chi connectivity index (χ3n) is 2.14. The average Bonchev–Trinajstić information content (AvgIpc) is 2.50. The summed E-state index contributed by atoms with van der Waals surface area (Å²) in [5.41, 5.74) is 0. The van der Waals surface area contributed by atoms with Crippen molar-refractivity contribution in [2.24, 2.45) is 0 Å². The smallest absolute Gasteiger partial charge is 0.151 e. The van der Waals surface area contributed by atoms with Crippen molar-refractivity contribution in [1.82, 2.24) is 0 Å². The lowest BCUT2D eigenvalue weighted by Gasteiger charge is -2.16. The largest absolute Gasteiger partial charge is 0.394 e. The van der Waals surface area contributed by atoms with Crippen LogP contribution in [0.1, 0.15) is 0 Å². The highest BCUT2D eigenvalue weighted by Crippen LogP contribution is 1.97. The predicted molar refractivity (Wildman–Crippen MR) is 62.3 cm³/mol. The Labute approximate surface area is 114 Å². The lowest BCUT2D eigenvalue weighted by atomic mass is 10.1. The van der Waals surface area contributed by atoms with Crippen LogP contribution in [0.4, 0.5) is 0 Å². The van der Waals surface area contributed by atoms with Gasteiger partial charge in [-0.1, -0.05) is 0 Å². The van der Waals surface area contributed by atoms with Gasteiger partial charge in [-0.3, -0.25) is 0 Å². The van der Waals surface area contributed by atoms with E-state index in [9.17, 15) is 9.59 Å². The Hall–Kier alpha value is -0.980. The maximum absolute atomic E-state index is 9.76. The SMILES string of the molecule is O=C[C@@H](O)[C@H](O)[C@@H](O)CO.O=C[C@@H](O)[C@H](O)[C@H](O)CO. The van der Waals surface area contributed by atoms with Crippen LogP contribution in [-0.2, 0) is 9.59 Å². The molecule has 0 aliphatic rings. The van der Waals surface area contributed by atoms with Crippen molar-refractivity contribution < 1.29 is 50.4 Å². The third kappa shape index (κ3) is 8.24. The first-order valence-electron chi connectivity index (χ1n) is 5.47. The van der Waals surface area contributed by atoms with Gasteiger partial charge in [-0.2, -0.15) is 0 Å². The second-order valence-electron chi connectivity index (χ2n) is 3.73. The van der Waals surface area contributed by atoms with Crippen LogP contribution >= 0.6 is 0 Å². The number of hydrogen-bond acceptors (Lipinski definition) is 10. The molecule has 0 radical (unpaired) electrons. The number of carbonyl (C=O) groups is 2. The normalized spacial score (nSPS) is 19.6. The Morgan fingerprint density at radius 1 is 0.650 bits per heavy atom. The lowest BCUT2D eigenvalue weighted by molar-refractivity contribution is -0.128. The standard InChI is InChI=1S/2C5H10O5/c2*6-1-3(8)5(10)4(9)2-7/h2*1,3-5,7-10H,2H2/t3-,4+,5+;3-,4-,5+/m11/s1. The van der Waals surface area contributed by atoms with E-state index >= 15 is 0 Å². The monoisotopic (exact) mass is 300 g/mol. The van der Waals surface area contributed by atoms with E-state index in [1.54, 1.807) is 0 Å². The Kier molecular flexibility index (Phi) is 12.6. The molecule has 8 N–H and O–H groups in total. The zero-order valence-electron chi connectivity index (χ0n) is 10.4. The zero-order chi connectivity index (χ0) is 16.3. The molecule has 0 aliphatic carbocycles. The molecular formula is C10H20O10. The molecule has 0 saturated heterocycles. The van der Waals surface area contributed by atoms with Crippen LogP contribution in [0.25, 0.3) is 0 Å². The fourth-order valence-electron chi connectivity index (χ4n) is 0.832. The van der Waals surface area contributed by atoms with E-state index in [1.165, 1.54) is 0 Å². The maximum atomic E-state index is 9.76. The summed E-state index contributed by atoms with van der Waals surface area (Å²) >= 11 is 0. The molecule has 0 heterocycles. The van der Waals surface area contributed by atoms with Gasteiger partial charge in [0.1, 0.15) is 36.6 Å². The first kappa shape index (κ1) is 21.3. The van der Waals surface area contributed by atoms with Crippen LogP contribution in [-0.4, -0.2) is 103 Å². The molecular weight excluding hydrogens is 280 g/mol. The molecule has 0 amide bonds. The van der Waals surface area contributed by atoms with E-state index < -0.39 is 49.8 Å². The highest BCUT2D eigenvalue weighted by atomic mass is 16.4. The van der Waals surface area contributed by atoms with Gasteiger partial charge in [-0.05, 0) is 0 Å². The molecule has 0 unspecified atom stereocenters. The van der Waals surface area contributed by atoms with Crippen LogP contribution in [0.15, 0.2) is 0 Å². The van der Waals surface area contributed by atoms with E-state index in [0.29, 0.717) is 0 Å². The quantitative estimate of drug-likeness (QED) is 0.200. The van der Waals surface area contributed by atoms with Gasteiger partial charge in [0.25, 0.3) is 0 Å². The van der Waals surface area contributed by atoms with E-state index in [4.69, 9.17) is 40.9 Å². The van der Waals surface area contributed by atoms with E-state index in [-0.39, 0.29) is 12.6 Å². The van der Waals surface area contributed by atoms with Crippen molar-refractivity contribution >= 4 is 12.6 Å². The molecule has 120 valence electrons. The molecule has 0 rings (SSSR count). The van der Waals surface area contributed by atoms with Gasteiger partial charge in [0.05, 0.1) is 13.2 Å². The van der Waals surface area contributed by atoms with E-state index in [1.807, 2.05) is 0 Å². The van der Waals surface area contributed by atoms with Crippen molar-refractivity contribution in [1.29, 1.82) is 0 Å². The number of hydrogen-bond donors (Lipinski definition) is 8. The molecule has 0 spiro atoms. The van der Waals surface area contributed by atoms with E-state index in [2.05, 4.69) is 0 Å². The van der Waals surface area contributed by atoms with Crippen molar-refractivity contribution in [3.8, 4) is 0 Å². The molecule has 6 atom stereocenters. The summed E-state index contributed by atoms with van der Waals surface area (Å²) in [7, 11) is 0. The third-order valence-corrected chi connectivity index (χ3v) is 2.14. The van der Waals surface area contributed by atoms with Gasteiger partial charge in [0.2, 0.25) is 0 Å². The first-order valence-corrected chi connectivity index (χ1v) is 5.47. The summed E-state index contributed by atoms with van der Waals surface area (Å²) in [6.07, 6.45) is -9.26. The molecule has 0 aromatic heterocycles. The van der Waals surface area contributed by atoms with Crippen molar-refractivity contribution in [2.75, 3.05) is 13.2 Å². The minimum Gasteiger partial charge on any atom is -0.394 e. The second kappa shape index (κ2) is 11.8. The van der Waals surface area contributed by atoms with Crippen LogP contribution < -0.4 is 0 Å². The van der Waals surface area contributed by atoms with Gasteiger partial charge in [0.15, 0.2) is 12.6 Å².